The number of hydrogen-bond acceptors (Lipinski definition) is 3. The molecule has 1 aliphatic heterocycles. The van der Waals surface area contributed by atoms with Crippen molar-refractivity contribution in [3.63, 3.8) is 0 Å². The lowest BCUT2D eigenvalue weighted by atomic mass is 9.81. The van der Waals surface area contributed by atoms with Crippen molar-refractivity contribution >= 4 is 39.3 Å². The number of imide groups is 1. The molecule has 3 aliphatic rings. The topological polar surface area (TPSA) is 66.5 Å². The van der Waals surface area contributed by atoms with Crippen LogP contribution in [0.1, 0.15) is 36.8 Å². The van der Waals surface area contributed by atoms with Crippen LogP contribution in [0, 0.1) is 37.5 Å². The van der Waals surface area contributed by atoms with E-state index in [0.717, 1.165) is 40.5 Å². The van der Waals surface area contributed by atoms with E-state index in [1.165, 1.54) is 4.90 Å². The van der Waals surface area contributed by atoms with Crippen molar-refractivity contribution in [1.82, 2.24) is 4.90 Å². The number of carbonyl (C=O) groups excluding carboxylic acids is 3. The number of nitrogens with one attached hydrogen (secondary N) is 1. The van der Waals surface area contributed by atoms with Crippen molar-refractivity contribution in [2.45, 2.75) is 39.5 Å². The molecule has 3 fully saturated rings. The summed E-state index contributed by atoms with van der Waals surface area (Å²) in [5, 5.41) is 2.90. The van der Waals surface area contributed by atoms with Crippen LogP contribution in [-0.2, 0) is 14.4 Å². The van der Waals surface area contributed by atoms with E-state index in [0.29, 0.717) is 11.8 Å². The molecular weight excluding hydrogens is 396 g/mol. The zero-order valence-electron chi connectivity index (χ0n) is 15.0. The van der Waals surface area contributed by atoms with Crippen LogP contribution in [-0.4, -0.2) is 29.2 Å². The summed E-state index contributed by atoms with van der Waals surface area (Å²) in [7, 11) is 0. The predicted octanol–water partition coefficient (Wildman–Crippen LogP) is 3.43. The second kappa shape index (κ2) is 6.48. The smallest absolute Gasteiger partial charge is 0.233 e. The monoisotopic (exact) mass is 418 g/mol. The van der Waals surface area contributed by atoms with Crippen LogP contribution in [0.3, 0.4) is 0 Å². The molecule has 1 aromatic carbocycles. The number of carbonyl (C=O) groups is 3. The van der Waals surface area contributed by atoms with Crippen LogP contribution in [0.4, 0.5) is 5.69 Å². The van der Waals surface area contributed by atoms with E-state index in [2.05, 4.69) is 21.2 Å². The first-order chi connectivity index (χ1) is 12.4. The SMILES string of the molecule is Cc1cc(NC(=O)CCN2C(=O)[C@@H]3[C@H]4CC[C@@H](C4)[C@@H]3C2=O)c(C)cc1Br. The maximum Gasteiger partial charge on any atom is 0.233 e. The number of fused-ring (bicyclic) bond motifs is 5. The third-order valence-corrected chi connectivity index (χ3v) is 7.22. The summed E-state index contributed by atoms with van der Waals surface area (Å²) in [6.45, 7) is 4.09. The molecule has 2 saturated carbocycles. The summed E-state index contributed by atoms with van der Waals surface area (Å²) in [5.74, 6) is 0.283. The van der Waals surface area contributed by atoms with E-state index in [-0.39, 0.29) is 42.5 Å². The molecule has 4 atom stereocenters. The number of nitrogens with zero attached hydrogens (tertiary/aromatic N) is 1. The molecule has 0 unspecified atom stereocenters. The maximum atomic E-state index is 12.7. The third-order valence-electron chi connectivity index (χ3n) is 6.36. The van der Waals surface area contributed by atoms with Gasteiger partial charge in [0.05, 0.1) is 11.8 Å². The highest BCUT2D eigenvalue weighted by molar-refractivity contribution is 9.10. The number of aryl methyl sites for hydroxylation is 2. The molecule has 26 heavy (non-hydrogen) atoms. The van der Waals surface area contributed by atoms with E-state index in [1.807, 2.05) is 26.0 Å². The molecule has 1 N–H and O–H groups in total. The standard InChI is InChI=1S/C20H23BrN2O3/c1-10-8-15(11(2)7-14(10)21)22-16(24)5-6-23-19(25)17-12-3-4-13(9-12)18(17)20(23)26/h7-8,12-13,17-18H,3-6,9H2,1-2H3,(H,22,24)/t12-,13-,17-,18+/m0/s1. The first-order valence-electron chi connectivity index (χ1n) is 9.28. The molecular formula is C20H23BrN2O3. The Morgan fingerprint density at radius 3 is 2.35 bits per heavy atom. The lowest BCUT2D eigenvalue weighted by Crippen LogP contribution is -2.35. The second-order valence-electron chi connectivity index (χ2n) is 7.93. The summed E-state index contributed by atoms with van der Waals surface area (Å²) in [6.07, 6.45) is 3.31. The molecule has 2 aliphatic carbocycles. The Bertz CT molecular complexity index is 778. The highest BCUT2D eigenvalue weighted by Gasteiger charge is 2.60. The summed E-state index contributed by atoms with van der Waals surface area (Å²) in [5.41, 5.74) is 2.78. The van der Waals surface area contributed by atoms with Crippen molar-refractivity contribution in [2.24, 2.45) is 23.7 Å². The van der Waals surface area contributed by atoms with Crippen molar-refractivity contribution in [3.8, 4) is 0 Å². The van der Waals surface area contributed by atoms with Crippen LogP contribution in [0.25, 0.3) is 0 Å². The highest BCUT2D eigenvalue weighted by Crippen LogP contribution is 2.56. The van der Waals surface area contributed by atoms with Gasteiger partial charge in [0.25, 0.3) is 0 Å². The zero-order valence-corrected chi connectivity index (χ0v) is 16.6. The van der Waals surface area contributed by atoms with Gasteiger partial charge in [-0.25, -0.2) is 0 Å². The fourth-order valence-corrected chi connectivity index (χ4v) is 5.49. The molecule has 1 saturated heterocycles. The lowest BCUT2D eigenvalue weighted by molar-refractivity contribution is -0.140. The van der Waals surface area contributed by atoms with E-state index >= 15 is 0 Å². The number of benzene rings is 1. The summed E-state index contributed by atoms with van der Waals surface area (Å²) >= 11 is 3.48. The van der Waals surface area contributed by atoms with Crippen molar-refractivity contribution in [3.05, 3.63) is 27.7 Å². The minimum absolute atomic E-state index is 0.0457. The van der Waals surface area contributed by atoms with Gasteiger partial charge in [0, 0.05) is 23.1 Å². The molecule has 138 valence electrons. The lowest BCUT2D eigenvalue weighted by Gasteiger charge is -2.19. The van der Waals surface area contributed by atoms with Gasteiger partial charge >= 0.3 is 0 Å². The van der Waals surface area contributed by atoms with Gasteiger partial charge in [0.15, 0.2) is 0 Å². The van der Waals surface area contributed by atoms with Gasteiger partial charge in [-0.15, -0.1) is 0 Å². The Kier molecular flexibility index (Phi) is 4.41. The number of rotatable bonds is 4. The first-order valence-corrected chi connectivity index (χ1v) is 10.1. The predicted molar refractivity (Wildman–Crippen MR) is 101 cm³/mol. The van der Waals surface area contributed by atoms with Crippen molar-refractivity contribution in [2.75, 3.05) is 11.9 Å². The van der Waals surface area contributed by atoms with E-state index in [4.69, 9.17) is 0 Å². The van der Waals surface area contributed by atoms with Crippen LogP contribution in [0.15, 0.2) is 16.6 Å². The Morgan fingerprint density at radius 1 is 1.12 bits per heavy atom. The van der Waals surface area contributed by atoms with Gasteiger partial charge in [0.1, 0.15) is 0 Å². The number of likely N-dealkylation sites (tertiary alicyclic amines) is 1. The molecule has 3 amide bonds. The van der Waals surface area contributed by atoms with E-state index in [9.17, 15) is 14.4 Å². The highest BCUT2D eigenvalue weighted by atomic mass is 79.9. The minimum Gasteiger partial charge on any atom is -0.326 e. The van der Waals surface area contributed by atoms with Crippen molar-refractivity contribution in [1.29, 1.82) is 0 Å². The fraction of sp³-hybridized carbons (Fsp3) is 0.550. The Labute approximate surface area is 161 Å². The van der Waals surface area contributed by atoms with Gasteiger partial charge in [-0.05, 0) is 68.2 Å². The molecule has 0 radical (unpaired) electrons. The van der Waals surface area contributed by atoms with Crippen LogP contribution < -0.4 is 5.32 Å². The van der Waals surface area contributed by atoms with Gasteiger partial charge in [-0.3, -0.25) is 19.3 Å². The van der Waals surface area contributed by atoms with Crippen molar-refractivity contribution < 1.29 is 14.4 Å². The van der Waals surface area contributed by atoms with Gasteiger partial charge in [0.2, 0.25) is 17.7 Å². The van der Waals surface area contributed by atoms with Crippen LogP contribution in [0.2, 0.25) is 0 Å². The van der Waals surface area contributed by atoms with Gasteiger partial charge < -0.3 is 5.32 Å². The van der Waals surface area contributed by atoms with Crippen LogP contribution >= 0.6 is 15.9 Å². The summed E-state index contributed by atoms with van der Waals surface area (Å²) in [4.78, 5) is 39.0. The summed E-state index contributed by atoms with van der Waals surface area (Å²) in [6, 6.07) is 3.89. The number of halogens is 1. The Morgan fingerprint density at radius 2 is 1.73 bits per heavy atom. The number of hydrogen-bond donors (Lipinski definition) is 1. The minimum atomic E-state index is -0.171. The van der Waals surface area contributed by atoms with Gasteiger partial charge in [-0.2, -0.15) is 0 Å². The average Bonchev–Trinajstić information content (AvgIpc) is 3.26. The second-order valence-corrected chi connectivity index (χ2v) is 8.78. The van der Waals surface area contributed by atoms with E-state index in [1.54, 1.807) is 0 Å². The molecule has 4 rings (SSSR count). The fourth-order valence-electron chi connectivity index (χ4n) is 5.03. The Hall–Kier alpha value is -1.69. The first kappa shape index (κ1) is 17.7. The van der Waals surface area contributed by atoms with E-state index < -0.39 is 0 Å². The maximum absolute atomic E-state index is 12.7. The quantitative estimate of drug-likeness (QED) is 0.761. The number of amides is 3. The normalized spacial score (nSPS) is 29.4. The Balaban J connectivity index is 1.39. The molecule has 6 heteroatoms. The van der Waals surface area contributed by atoms with Crippen LogP contribution in [0.5, 0.6) is 0 Å². The zero-order chi connectivity index (χ0) is 18.6. The largest absolute Gasteiger partial charge is 0.326 e. The number of anilines is 1. The van der Waals surface area contributed by atoms with Gasteiger partial charge in [-0.1, -0.05) is 15.9 Å². The molecule has 5 nitrogen and oxygen atoms in total. The molecule has 0 aromatic heterocycles. The molecule has 0 spiro atoms. The third kappa shape index (κ3) is 2.79. The average molecular weight is 419 g/mol. The molecule has 1 heterocycles. The molecule has 1 aromatic rings. The summed E-state index contributed by atoms with van der Waals surface area (Å²) < 4.78 is 1.00. The molecule has 2 bridgehead atoms.